The van der Waals surface area contributed by atoms with Crippen molar-refractivity contribution in [1.82, 2.24) is 20.0 Å². The van der Waals surface area contributed by atoms with Gasteiger partial charge in [0.25, 0.3) is 0 Å². The lowest BCUT2D eigenvalue weighted by Crippen LogP contribution is -2.55. The lowest BCUT2D eigenvalue weighted by atomic mass is 9.74. The van der Waals surface area contributed by atoms with Gasteiger partial charge in [0.15, 0.2) is 11.5 Å². The van der Waals surface area contributed by atoms with Gasteiger partial charge in [-0.05, 0) is 67.3 Å². The molecule has 0 radical (unpaired) electrons. The summed E-state index contributed by atoms with van der Waals surface area (Å²) in [7, 11) is 9.57. The summed E-state index contributed by atoms with van der Waals surface area (Å²) in [5.41, 5.74) is 5.96. The molecule has 192 valence electrons. The molecule has 1 N–H and O–H groups in total. The number of hydrogen-bond donors (Lipinski definition) is 1. The Morgan fingerprint density at radius 1 is 1.03 bits per heavy atom. The molecule has 2 aromatic carbocycles. The van der Waals surface area contributed by atoms with E-state index in [1.165, 1.54) is 36.3 Å². The molecule has 6 rings (SSSR count). The smallest absolute Gasteiger partial charge is 0.161 e. The minimum Gasteiger partial charge on any atom is -0.493 e. The highest BCUT2D eigenvalue weighted by Gasteiger charge is 2.41. The number of ether oxygens (including phenoxy) is 2. The Morgan fingerprint density at radius 3 is 2.47 bits per heavy atom. The highest BCUT2D eigenvalue weighted by Crippen LogP contribution is 2.42. The Balaban J connectivity index is 1.22. The average molecular weight is 490 g/mol. The largest absolute Gasteiger partial charge is 0.493 e. The van der Waals surface area contributed by atoms with Gasteiger partial charge in [0.2, 0.25) is 0 Å². The van der Waals surface area contributed by atoms with E-state index in [-0.39, 0.29) is 0 Å². The summed E-state index contributed by atoms with van der Waals surface area (Å²) < 4.78 is 13.0. The fourth-order valence-corrected chi connectivity index (χ4v) is 5.95. The number of nitrogens with zero attached hydrogens (tertiary/aromatic N) is 4. The zero-order valence-corrected chi connectivity index (χ0v) is 22.2. The summed E-state index contributed by atoms with van der Waals surface area (Å²) in [6.45, 7) is 4.27. The van der Waals surface area contributed by atoms with Gasteiger partial charge in [-0.1, -0.05) is 12.1 Å². The number of fused-ring (bicyclic) bond motifs is 3. The van der Waals surface area contributed by atoms with E-state index in [1.807, 2.05) is 12.1 Å². The van der Waals surface area contributed by atoms with E-state index in [9.17, 15) is 0 Å². The lowest BCUT2D eigenvalue weighted by molar-refractivity contribution is 0.0282. The van der Waals surface area contributed by atoms with Crippen LogP contribution in [-0.2, 0) is 13.6 Å². The number of piperidine rings is 3. The molecular formula is C29H39N5O2. The second-order valence-electron chi connectivity index (χ2n) is 10.4. The fraction of sp³-hybridized carbons (Fsp3) is 0.483. The molecule has 1 aromatic heterocycles. The van der Waals surface area contributed by atoms with Crippen molar-refractivity contribution in [3.05, 3.63) is 59.8 Å². The van der Waals surface area contributed by atoms with E-state index >= 15 is 0 Å². The highest BCUT2D eigenvalue weighted by atomic mass is 16.5. The maximum absolute atomic E-state index is 5.50. The second kappa shape index (κ2) is 10.5. The molecule has 0 aliphatic carbocycles. The normalized spacial score (nSPS) is 23.0. The van der Waals surface area contributed by atoms with E-state index in [4.69, 9.17) is 14.6 Å². The Labute approximate surface area is 215 Å². The molecular weight excluding hydrogens is 450 g/mol. The molecule has 3 aliphatic rings. The van der Waals surface area contributed by atoms with Crippen molar-refractivity contribution in [3.63, 3.8) is 0 Å². The number of hydrogen-bond acceptors (Lipinski definition) is 6. The van der Waals surface area contributed by atoms with Gasteiger partial charge in [0.05, 0.1) is 19.9 Å². The van der Waals surface area contributed by atoms with Crippen molar-refractivity contribution in [2.24, 2.45) is 13.0 Å². The standard InChI is InChI=1S/C29H39N5O2/c1-32(2)23-9-6-20(7-10-23)17-30-18-24-14-21-12-13-34(24)19-25(21)27-16-26(31-33(27)3)22-8-11-28(35-4)29(15-22)36-5/h6-11,15-16,21,24-25,30H,12-14,17-19H2,1-5H3. The van der Waals surface area contributed by atoms with Crippen molar-refractivity contribution in [2.75, 3.05) is 52.8 Å². The molecule has 3 aromatic rings. The quantitative estimate of drug-likeness (QED) is 0.488. The maximum atomic E-state index is 5.50. The first kappa shape index (κ1) is 24.7. The van der Waals surface area contributed by atoms with Gasteiger partial charge in [-0.15, -0.1) is 0 Å². The van der Waals surface area contributed by atoms with Crippen LogP contribution in [0.25, 0.3) is 11.3 Å². The summed E-state index contributed by atoms with van der Waals surface area (Å²) in [5, 5.41) is 8.60. The van der Waals surface area contributed by atoms with E-state index in [1.54, 1.807) is 14.2 Å². The molecule has 0 saturated carbocycles. The van der Waals surface area contributed by atoms with Crippen LogP contribution < -0.4 is 19.7 Å². The third-order valence-corrected chi connectivity index (χ3v) is 8.02. The minimum absolute atomic E-state index is 0.528. The maximum Gasteiger partial charge on any atom is 0.161 e. The molecule has 4 unspecified atom stereocenters. The lowest BCUT2D eigenvalue weighted by Gasteiger charge is -2.50. The van der Waals surface area contributed by atoms with Gasteiger partial charge < -0.3 is 19.7 Å². The third-order valence-electron chi connectivity index (χ3n) is 8.02. The molecule has 0 amide bonds. The van der Waals surface area contributed by atoms with Gasteiger partial charge in [-0.25, -0.2) is 0 Å². The number of aryl methyl sites for hydroxylation is 1. The first-order valence-electron chi connectivity index (χ1n) is 12.9. The molecule has 3 saturated heterocycles. The van der Waals surface area contributed by atoms with Crippen LogP contribution in [0.2, 0.25) is 0 Å². The van der Waals surface area contributed by atoms with Crippen LogP contribution >= 0.6 is 0 Å². The number of rotatable bonds is 9. The van der Waals surface area contributed by atoms with Crippen molar-refractivity contribution in [2.45, 2.75) is 31.3 Å². The first-order chi connectivity index (χ1) is 17.5. The number of nitrogens with one attached hydrogen (secondary N) is 1. The molecule has 36 heavy (non-hydrogen) atoms. The highest BCUT2D eigenvalue weighted by molar-refractivity contribution is 5.64. The van der Waals surface area contributed by atoms with Gasteiger partial charge >= 0.3 is 0 Å². The molecule has 2 bridgehead atoms. The predicted octanol–water partition coefficient (Wildman–Crippen LogP) is 4.14. The topological polar surface area (TPSA) is 54.8 Å². The summed E-state index contributed by atoms with van der Waals surface area (Å²) in [4.78, 5) is 4.83. The average Bonchev–Trinajstić information content (AvgIpc) is 3.30. The van der Waals surface area contributed by atoms with Crippen molar-refractivity contribution < 1.29 is 9.47 Å². The molecule has 3 aliphatic heterocycles. The Bertz CT molecular complexity index is 1170. The SMILES string of the molecule is COc1ccc(-c2cc(C3CN4CCC3CC4CNCc3ccc(N(C)C)cc3)n(C)n2)cc1OC. The van der Waals surface area contributed by atoms with E-state index in [2.05, 4.69) is 77.3 Å². The molecule has 7 heteroatoms. The van der Waals surface area contributed by atoms with Gasteiger partial charge in [-0.2, -0.15) is 5.10 Å². The number of aromatic nitrogens is 2. The zero-order chi connectivity index (χ0) is 25.2. The van der Waals surface area contributed by atoms with Crippen molar-refractivity contribution in [3.8, 4) is 22.8 Å². The fourth-order valence-electron chi connectivity index (χ4n) is 5.95. The Kier molecular flexibility index (Phi) is 7.21. The summed E-state index contributed by atoms with van der Waals surface area (Å²) >= 11 is 0. The third kappa shape index (κ3) is 4.95. The van der Waals surface area contributed by atoms with Crippen LogP contribution in [-0.4, -0.2) is 68.7 Å². The number of methoxy groups -OCH3 is 2. The zero-order valence-electron chi connectivity index (χ0n) is 22.2. The van der Waals surface area contributed by atoms with Crippen LogP contribution in [0.3, 0.4) is 0 Å². The van der Waals surface area contributed by atoms with Gasteiger partial charge in [0, 0.05) is 69.7 Å². The Morgan fingerprint density at radius 2 is 1.81 bits per heavy atom. The van der Waals surface area contributed by atoms with Crippen LogP contribution in [0.5, 0.6) is 11.5 Å². The van der Waals surface area contributed by atoms with E-state index in [0.717, 1.165) is 42.4 Å². The van der Waals surface area contributed by atoms with E-state index < -0.39 is 0 Å². The molecule has 3 fully saturated rings. The number of benzene rings is 2. The van der Waals surface area contributed by atoms with Crippen LogP contribution in [0, 0.1) is 5.92 Å². The van der Waals surface area contributed by atoms with Crippen LogP contribution in [0.15, 0.2) is 48.5 Å². The molecule has 0 spiro atoms. The van der Waals surface area contributed by atoms with Crippen molar-refractivity contribution >= 4 is 5.69 Å². The summed E-state index contributed by atoms with van der Waals surface area (Å²) in [6, 6.07) is 17.7. The van der Waals surface area contributed by atoms with E-state index in [0.29, 0.717) is 17.9 Å². The summed E-state index contributed by atoms with van der Waals surface area (Å²) in [6.07, 6.45) is 2.51. The first-order valence-corrected chi connectivity index (χ1v) is 12.9. The van der Waals surface area contributed by atoms with Crippen LogP contribution in [0.4, 0.5) is 5.69 Å². The minimum atomic E-state index is 0.528. The summed E-state index contributed by atoms with van der Waals surface area (Å²) in [5.74, 6) is 2.70. The molecule has 4 atom stereocenters. The monoisotopic (exact) mass is 489 g/mol. The van der Waals surface area contributed by atoms with Gasteiger partial charge in [-0.3, -0.25) is 9.58 Å². The Hall–Kier alpha value is -3.03. The molecule has 4 heterocycles. The van der Waals surface area contributed by atoms with Gasteiger partial charge in [0.1, 0.15) is 0 Å². The predicted molar refractivity (Wildman–Crippen MR) is 145 cm³/mol. The van der Waals surface area contributed by atoms with Crippen molar-refractivity contribution in [1.29, 1.82) is 0 Å². The second-order valence-corrected chi connectivity index (χ2v) is 10.4. The van der Waals surface area contributed by atoms with Crippen LogP contribution in [0.1, 0.15) is 30.0 Å². The number of anilines is 1. The molecule has 7 nitrogen and oxygen atoms in total.